The molecule has 1 aromatic heterocycles. The van der Waals surface area contributed by atoms with Crippen molar-refractivity contribution >= 4 is 5.91 Å². The Balaban J connectivity index is 1.26. The number of rotatable bonds is 5. The molecule has 1 atom stereocenters. The third kappa shape index (κ3) is 4.37. The maximum Gasteiger partial charge on any atom is 0.227 e. The molecular weight excluding hydrogens is 340 g/mol. The second kappa shape index (κ2) is 7.79. The molecule has 4 rings (SSSR count). The fourth-order valence-corrected chi connectivity index (χ4v) is 3.85. The van der Waals surface area contributed by atoms with Crippen molar-refractivity contribution in [2.24, 2.45) is 0 Å². The van der Waals surface area contributed by atoms with Crippen molar-refractivity contribution in [1.82, 2.24) is 9.88 Å². The highest BCUT2D eigenvalue weighted by Crippen LogP contribution is 2.35. The van der Waals surface area contributed by atoms with Gasteiger partial charge in [-0.15, -0.1) is 0 Å². The Morgan fingerprint density at radius 3 is 2.81 bits per heavy atom. The molecule has 1 amide bonds. The summed E-state index contributed by atoms with van der Waals surface area (Å²) in [6.45, 7) is 4.60. The topological polar surface area (TPSA) is 51.7 Å². The molecule has 1 aromatic carbocycles. The highest BCUT2D eigenvalue weighted by atomic mass is 16.5. The first-order valence-electron chi connectivity index (χ1n) is 9.61. The fraction of sp³-hybridized carbons (Fsp3) is 0.455. The largest absolute Gasteiger partial charge is 0.372 e. The smallest absolute Gasteiger partial charge is 0.227 e. The van der Waals surface area contributed by atoms with Gasteiger partial charge in [-0.2, -0.15) is 0 Å². The standard InChI is InChI=1S/C22H26N2O3/c1-17-5-7-18(8-6-17)12-21(25)24-15-22(16-24)13-20(9-11-27-22)26-14-19-4-2-3-10-23-19/h2-8,10,20H,9,11-16H2,1H3/t20-/m0/s1. The van der Waals surface area contributed by atoms with Gasteiger partial charge in [-0.05, 0) is 31.0 Å². The maximum absolute atomic E-state index is 12.5. The Bertz CT molecular complexity index is 770. The minimum Gasteiger partial charge on any atom is -0.372 e. The highest BCUT2D eigenvalue weighted by Gasteiger charge is 2.49. The number of carbonyl (C=O) groups is 1. The molecule has 2 saturated heterocycles. The van der Waals surface area contributed by atoms with E-state index in [2.05, 4.69) is 11.9 Å². The Labute approximate surface area is 160 Å². The van der Waals surface area contributed by atoms with Crippen LogP contribution in [0.25, 0.3) is 0 Å². The summed E-state index contributed by atoms with van der Waals surface area (Å²) in [5, 5.41) is 0. The van der Waals surface area contributed by atoms with Gasteiger partial charge in [-0.3, -0.25) is 9.78 Å². The zero-order valence-corrected chi connectivity index (χ0v) is 15.8. The van der Waals surface area contributed by atoms with Gasteiger partial charge >= 0.3 is 0 Å². The molecule has 2 aliphatic heterocycles. The van der Waals surface area contributed by atoms with E-state index in [9.17, 15) is 4.79 Å². The van der Waals surface area contributed by atoms with E-state index in [1.807, 2.05) is 47.4 Å². The first kappa shape index (κ1) is 18.1. The van der Waals surface area contributed by atoms with Crippen LogP contribution in [0.1, 0.15) is 29.7 Å². The number of aromatic nitrogens is 1. The van der Waals surface area contributed by atoms with E-state index in [1.54, 1.807) is 6.20 Å². The van der Waals surface area contributed by atoms with Crippen LogP contribution in [-0.2, 0) is 27.3 Å². The van der Waals surface area contributed by atoms with E-state index in [4.69, 9.17) is 9.47 Å². The van der Waals surface area contributed by atoms with Gasteiger partial charge in [0.05, 0.1) is 37.9 Å². The molecule has 0 unspecified atom stereocenters. The van der Waals surface area contributed by atoms with Crippen molar-refractivity contribution in [2.75, 3.05) is 19.7 Å². The predicted octanol–water partition coefficient (Wildman–Crippen LogP) is 2.91. The van der Waals surface area contributed by atoms with Crippen LogP contribution in [0.5, 0.6) is 0 Å². The molecule has 0 saturated carbocycles. The number of likely N-dealkylation sites (tertiary alicyclic amines) is 1. The lowest BCUT2D eigenvalue weighted by atomic mass is 9.84. The van der Waals surface area contributed by atoms with Gasteiger partial charge in [-0.25, -0.2) is 0 Å². The molecule has 27 heavy (non-hydrogen) atoms. The summed E-state index contributed by atoms with van der Waals surface area (Å²) >= 11 is 0. The van der Waals surface area contributed by atoms with Gasteiger partial charge in [-0.1, -0.05) is 35.9 Å². The summed E-state index contributed by atoms with van der Waals surface area (Å²) in [5.74, 6) is 0.171. The van der Waals surface area contributed by atoms with Crippen LogP contribution in [0.15, 0.2) is 48.7 Å². The van der Waals surface area contributed by atoms with Crippen LogP contribution in [0.2, 0.25) is 0 Å². The van der Waals surface area contributed by atoms with Crippen molar-refractivity contribution in [1.29, 1.82) is 0 Å². The summed E-state index contributed by atoms with van der Waals surface area (Å²) in [6, 6.07) is 14.0. The van der Waals surface area contributed by atoms with E-state index < -0.39 is 0 Å². The monoisotopic (exact) mass is 366 g/mol. The first-order chi connectivity index (χ1) is 13.1. The van der Waals surface area contributed by atoms with Crippen molar-refractivity contribution in [3.8, 4) is 0 Å². The molecule has 0 N–H and O–H groups in total. The number of benzene rings is 1. The molecule has 0 radical (unpaired) electrons. The number of hydrogen-bond donors (Lipinski definition) is 0. The molecule has 3 heterocycles. The average molecular weight is 366 g/mol. The Hall–Kier alpha value is -2.24. The third-order valence-electron chi connectivity index (χ3n) is 5.43. The van der Waals surface area contributed by atoms with Crippen LogP contribution < -0.4 is 0 Å². The van der Waals surface area contributed by atoms with E-state index in [0.717, 1.165) is 24.1 Å². The minimum atomic E-state index is -0.226. The quantitative estimate of drug-likeness (QED) is 0.816. The van der Waals surface area contributed by atoms with Gasteiger partial charge in [0.2, 0.25) is 5.91 Å². The summed E-state index contributed by atoms with van der Waals surface area (Å²) in [6.07, 6.45) is 4.14. The van der Waals surface area contributed by atoms with E-state index in [-0.39, 0.29) is 17.6 Å². The lowest BCUT2D eigenvalue weighted by Crippen LogP contribution is -2.67. The van der Waals surface area contributed by atoms with Gasteiger partial charge in [0.15, 0.2) is 0 Å². The summed E-state index contributed by atoms with van der Waals surface area (Å²) in [4.78, 5) is 18.7. The number of nitrogens with zero attached hydrogens (tertiary/aromatic N) is 2. The first-order valence-corrected chi connectivity index (χ1v) is 9.61. The molecule has 2 aliphatic rings. The predicted molar refractivity (Wildman–Crippen MR) is 102 cm³/mol. The minimum absolute atomic E-state index is 0.162. The molecule has 0 aliphatic carbocycles. The van der Waals surface area contributed by atoms with Crippen LogP contribution in [-0.4, -0.2) is 47.2 Å². The molecule has 2 fully saturated rings. The van der Waals surface area contributed by atoms with Crippen molar-refractivity contribution in [2.45, 2.75) is 44.5 Å². The molecule has 1 spiro atoms. The molecule has 0 bridgehead atoms. The van der Waals surface area contributed by atoms with E-state index in [1.165, 1.54) is 5.56 Å². The van der Waals surface area contributed by atoms with Gasteiger partial charge < -0.3 is 14.4 Å². The van der Waals surface area contributed by atoms with Crippen LogP contribution in [0.4, 0.5) is 0 Å². The van der Waals surface area contributed by atoms with Crippen molar-refractivity contribution in [3.05, 3.63) is 65.5 Å². The van der Waals surface area contributed by atoms with Gasteiger partial charge in [0.1, 0.15) is 5.60 Å². The van der Waals surface area contributed by atoms with Gasteiger partial charge in [0, 0.05) is 19.2 Å². The number of carbonyl (C=O) groups excluding carboxylic acids is 1. The van der Waals surface area contributed by atoms with E-state index in [0.29, 0.717) is 32.7 Å². The molecule has 142 valence electrons. The fourth-order valence-electron chi connectivity index (χ4n) is 3.85. The summed E-state index contributed by atoms with van der Waals surface area (Å²) < 4.78 is 12.1. The lowest BCUT2D eigenvalue weighted by Gasteiger charge is -2.53. The molecular formula is C22H26N2O3. The van der Waals surface area contributed by atoms with E-state index >= 15 is 0 Å². The maximum atomic E-state index is 12.5. The van der Waals surface area contributed by atoms with Crippen LogP contribution in [0, 0.1) is 6.92 Å². The zero-order valence-electron chi connectivity index (χ0n) is 15.8. The number of amides is 1. The second-order valence-corrected chi connectivity index (χ2v) is 7.69. The zero-order chi connectivity index (χ0) is 18.7. The number of pyridine rings is 1. The Kier molecular flexibility index (Phi) is 5.23. The lowest BCUT2D eigenvalue weighted by molar-refractivity contribution is -0.202. The Morgan fingerprint density at radius 2 is 2.07 bits per heavy atom. The summed E-state index contributed by atoms with van der Waals surface area (Å²) in [7, 11) is 0. The number of hydrogen-bond acceptors (Lipinski definition) is 4. The molecule has 2 aromatic rings. The van der Waals surface area contributed by atoms with Crippen LogP contribution in [0.3, 0.4) is 0 Å². The highest BCUT2D eigenvalue weighted by molar-refractivity contribution is 5.80. The summed E-state index contributed by atoms with van der Waals surface area (Å²) in [5.41, 5.74) is 2.99. The van der Waals surface area contributed by atoms with Crippen molar-refractivity contribution in [3.63, 3.8) is 0 Å². The van der Waals surface area contributed by atoms with Gasteiger partial charge in [0.25, 0.3) is 0 Å². The number of aryl methyl sites for hydroxylation is 1. The van der Waals surface area contributed by atoms with Crippen LogP contribution >= 0.6 is 0 Å². The SMILES string of the molecule is Cc1ccc(CC(=O)N2CC3(C[C@@H](OCc4ccccn4)CCO3)C2)cc1. The molecule has 5 heteroatoms. The average Bonchev–Trinajstić information content (AvgIpc) is 2.67. The normalized spacial score (nSPS) is 21.1. The number of ether oxygens (including phenoxy) is 2. The third-order valence-corrected chi connectivity index (χ3v) is 5.43. The molecule has 5 nitrogen and oxygen atoms in total. The second-order valence-electron chi connectivity index (χ2n) is 7.69. The van der Waals surface area contributed by atoms with Crippen molar-refractivity contribution < 1.29 is 14.3 Å². The Morgan fingerprint density at radius 1 is 1.26 bits per heavy atom.